The number of piperazine rings is 1. The summed E-state index contributed by atoms with van der Waals surface area (Å²) in [6.07, 6.45) is 1.56. The van der Waals surface area contributed by atoms with Gasteiger partial charge in [-0.2, -0.15) is 0 Å². The van der Waals surface area contributed by atoms with Crippen LogP contribution in [-0.2, 0) is 10.0 Å². The molecule has 0 radical (unpaired) electrons. The van der Waals surface area contributed by atoms with Crippen LogP contribution in [0, 0.1) is 6.92 Å². The summed E-state index contributed by atoms with van der Waals surface area (Å²) in [4.78, 5) is 16.9. The van der Waals surface area contributed by atoms with Gasteiger partial charge in [-0.1, -0.05) is 12.1 Å². The molecule has 0 aliphatic carbocycles. The summed E-state index contributed by atoms with van der Waals surface area (Å²) in [7, 11) is -3.10. The molecule has 2 aliphatic rings. The molecule has 2 fully saturated rings. The fourth-order valence-corrected chi connectivity index (χ4v) is 5.54. The lowest BCUT2D eigenvalue weighted by Crippen LogP contribution is -2.48. The Morgan fingerprint density at radius 2 is 1.90 bits per heavy atom. The van der Waals surface area contributed by atoms with Crippen molar-refractivity contribution in [3.05, 3.63) is 29.8 Å². The maximum atomic E-state index is 12.1. The topological polar surface area (TPSA) is 85.0 Å². The molecule has 2 saturated heterocycles. The van der Waals surface area contributed by atoms with E-state index in [0.29, 0.717) is 26.1 Å². The Kier molecular flexibility index (Phi) is 7.96. The lowest BCUT2D eigenvalue weighted by atomic mass is 10.1. The molecule has 2 amide bonds. The highest BCUT2D eigenvalue weighted by molar-refractivity contribution is 7.89. The number of sulfonamides is 1. The van der Waals surface area contributed by atoms with Crippen LogP contribution in [0.2, 0.25) is 0 Å². The second-order valence-corrected chi connectivity index (χ2v) is 10.4. The predicted octanol–water partition coefficient (Wildman–Crippen LogP) is 1.23. The third-order valence-electron chi connectivity index (χ3n) is 5.84. The van der Waals surface area contributed by atoms with E-state index in [1.165, 1.54) is 15.6 Å². The molecule has 1 atom stereocenters. The predicted molar refractivity (Wildman–Crippen MR) is 120 cm³/mol. The molecule has 2 heterocycles. The van der Waals surface area contributed by atoms with Crippen molar-refractivity contribution in [2.45, 2.75) is 32.7 Å². The minimum absolute atomic E-state index is 0.0651. The van der Waals surface area contributed by atoms with Gasteiger partial charge in [0.2, 0.25) is 10.0 Å². The monoisotopic (exact) mass is 437 g/mol. The van der Waals surface area contributed by atoms with Crippen LogP contribution < -0.4 is 15.5 Å². The van der Waals surface area contributed by atoms with Gasteiger partial charge < -0.3 is 15.5 Å². The standard InChI is InChI=1S/C21H35N5O3S/c1-18-5-3-6-20(17-18)25-14-12-24(13-15-25)10-7-19(2)23-21(27)22-8-11-26-9-4-16-30(26,28)29/h3,5-6,17,19H,4,7-16H2,1-2H3,(H2,22,23,27)/t19-/m0/s1. The van der Waals surface area contributed by atoms with Crippen molar-refractivity contribution in [1.29, 1.82) is 0 Å². The molecule has 0 aromatic heterocycles. The van der Waals surface area contributed by atoms with Gasteiger partial charge in [0, 0.05) is 64.1 Å². The fourth-order valence-electron chi connectivity index (χ4n) is 4.01. The van der Waals surface area contributed by atoms with Crippen LogP contribution in [0.1, 0.15) is 25.3 Å². The van der Waals surface area contributed by atoms with E-state index in [2.05, 4.69) is 51.6 Å². The summed E-state index contributed by atoms with van der Waals surface area (Å²) in [6.45, 7) is 10.4. The number of carbonyl (C=O) groups is 1. The summed E-state index contributed by atoms with van der Waals surface area (Å²) in [5.74, 6) is 0.218. The number of amides is 2. The number of anilines is 1. The maximum Gasteiger partial charge on any atom is 0.315 e. The number of nitrogens with one attached hydrogen (secondary N) is 2. The summed E-state index contributed by atoms with van der Waals surface area (Å²) in [6, 6.07) is 8.47. The molecule has 3 rings (SSSR count). The smallest absolute Gasteiger partial charge is 0.315 e. The second kappa shape index (κ2) is 10.5. The molecule has 8 nitrogen and oxygen atoms in total. The summed E-state index contributed by atoms with van der Waals surface area (Å²) < 4.78 is 25.0. The van der Waals surface area contributed by atoms with Crippen molar-refractivity contribution in [2.75, 3.05) is 63.0 Å². The summed E-state index contributed by atoms with van der Waals surface area (Å²) >= 11 is 0. The Bertz CT molecular complexity index is 809. The Labute approximate surface area is 180 Å². The van der Waals surface area contributed by atoms with Crippen molar-refractivity contribution in [3.8, 4) is 0 Å². The van der Waals surface area contributed by atoms with Gasteiger partial charge in [-0.25, -0.2) is 17.5 Å². The molecule has 168 valence electrons. The van der Waals surface area contributed by atoms with Crippen molar-refractivity contribution < 1.29 is 13.2 Å². The number of aryl methyl sites for hydroxylation is 1. The number of hydrogen-bond acceptors (Lipinski definition) is 5. The lowest BCUT2D eigenvalue weighted by Gasteiger charge is -2.36. The zero-order chi connectivity index (χ0) is 21.6. The highest BCUT2D eigenvalue weighted by Gasteiger charge is 2.27. The average molecular weight is 438 g/mol. The minimum atomic E-state index is -3.10. The van der Waals surface area contributed by atoms with Crippen LogP contribution in [0.15, 0.2) is 24.3 Å². The number of benzene rings is 1. The molecule has 2 N–H and O–H groups in total. The van der Waals surface area contributed by atoms with Crippen LogP contribution in [0.5, 0.6) is 0 Å². The Morgan fingerprint density at radius 3 is 2.57 bits per heavy atom. The van der Waals surface area contributed by atoms with E-state index in [0.717, 1.165) is 39.1 Å². The van der Waals surface area contributed by atoms with Crippen LogP contribution in [0.3, 0.4) is 0 Å². The van der Waals surface area contributed by atoms with Gasteiger partial charge >= 0.3 is 6.03 Å². The number of urea groups is 1. The van der Waals surface area contributed by atoms with Gasteiger partial charge in [-0.15, -0.1) is 0 Å². The van der Waals surface area contributed by atoms with Crippen LogP contribution in [0.4, 0.5) is 10.5 Å². The molecule has 0 spiro atoms. The first-order valence-corrected chi connectivity index (χ1v) is 12.5. The van der Waals surface area contributed by atoms with Gasteiger partial charge in [-0.05, 0) is 44.4 Å². The molecular weight excluding hydrogens is 402 g/mol. The van der Waals surface area contributed by atoms with Gasteiger partial charge in [0.1, 0.15) is 0 Å². The van der Waals surface area contributed by atoms with E-state index in [1.54, 1.807) is 0 Å². The molecule has 1 aromatic rings. The van der Waals surface area contributed by atoms with Crippen LogP contribution in [0.25, 0.3) is 0 Å². The molecule has 1 aromatic carbocycles. The Hall–Kier alpha value is -1.84. The van der Waals surface area contributed by atoms with E-state index < -0.39 is 10.0 Å². The largest absolute Gasteiger partial charge is 0.369 e. The summed E-state index contributed by atoms with van der Waals surface area (Å²) in [5, 5.41) is 5.72. The molecule has 0 unspecified atom stereocenters. The molecule has 0 bridgehead atoms. The van der Waals surface area contributed by atoms with Crippen molar-refractivity contribution in [2.24, 2.45) is 0 Å². The zero-order valence-electron chi connectivity index (χ0n) is 18.1. The molecule has 0 saturated carbocycles. The van der Waals surface area contributed by atoms with Crippen molar-refractivity contribution in [1.82, 2.24) is 19.8 Å². The van der Waals surface area contributed by atoms with Gasteiger partial charge in [0.25, 0.3) is 0 Å². The van der Waals surface area contributed by atoms with Crippen molar-refractivity contribution in [3.63, 3.8) is 0 Å². The average Bonchev–Trinajstić information content (AvgIpc) is 3.05. The van der Waals surface area contributed by atoms with Crippen LogP contribution in [-0.4, -0.2) is 87.8 Å². The SMILES string of the molecule is Cc1cccc(N2CCN(CC[C@H](C)NC(=O)NCCN3CCCS3(=O)=O)CC2)c1. The Balaban J connectivity index is 1.29. The van der Waals surface area contributed by atoms with Crippen LogP contribution >= 0.6 is 0 Å². The maximum absolute atomic E-state index is 12.1. The lowest BCUT2D eigenvalue weighted by molar-refractivity contribution is 0.227. The van der Waals surface area contributed by atoms with E-state index in [-0.39, 0.29) is 17.8 Å². The Morgan fingerprint density at radius 1 is 1.13 bits per heavy atom. The highest BCUT2D eigenvalue weighted by Crippen LogP contribution is 2.18. The van der Waals surface area contributed by atoms with Gasteiger partial charge in [0.05, 0.1) is 5.75 Å². The number of hydrogen-bond donors (Lipinski definition) is 2. The van der Waals surface area contributed by atoms with E-state index in [1.807, 2.05) is 6.92 Å². The van der Waals surface area contributed by atoms with Gasteiger partial charge in [0.15, 0.2) is 0 Å². The van der Waals surface area contributed by atoms with E-state index in [4.69, 9.17) is 0 Å². The van der Waals surface area contributed by atoms with E-state index in [9.17, 15) is 13.2 Å². The molecular formula is C21H35N5O3S. The first-order chi connectivity index (χ1) is 14.3. The number of rotatable bonds is 8. The molecule has 9 heteroatoms. The van der Waals surface area contributed by atoms with Gasteiger partial charge in [-0.3, -0.25) is 4.90 Å². The third kappa shape index (κ3) is 6.58. The van der Waals surface area contributed by atoms with Crippen molar-refractivity contribution >= 4 is 21.7 Å². The zero-order valence-corrected chi connectivity index (χ0v) is 19.0. The first kappa shape index (κ1) is 22.8. The minimum Gasteiger partial charge on any atom is -0.369 e. The third-order valence-corrected chi connectivity index (χ3v) is 7.80. The van der Waals surface area contributed by atoms with E-state index >= 15 is 0 Å². The molecule has 30 heavy (non-hydrogen) atoms. The quantitative estimate of drug-likeness (QED) is 0.639. The second-order valence-electron chi connectivity index (χ2n) is 8.33. The fraction of sp³-hybridized carbons (Fsp3) is 0.667. The number of nitrogens with zero attached hydrogens (tertiary/aromatic N) is 3. The highest BCUT2D eigenvalue weighted by atomic mass is 32.2. The molecule has 2 aliphatic heterocycles. The summed E-state index contributed by atoms with van der Waals surface area (Å²) in [5.41, 5.74) is 2.58. The number of carbonyl (C=O) groups excluding carboxylic acids is 1. The normalized spacial score (nSPS) is 20.8. The first-order valence-electron chi connectivity index (χ1n) is 10.9.